The molecule has 5 heteroatoms. The van der Waals surface area contributed by atoms with Crippen molar-refractivity contribution in [3.05, 3.63) is 23.8 Å². The van der Waals surface area contributed by atoms with Gasteiger partial charge in [0.05, 0.1) is 20.8 Å². The quantitative estimate of drug-likeness (QED) is 0.378. The van der Waals surface area contributed by atoms with E-state index in [1.165, 1.54) is 20.0 Å². The maximum absolute atomic E-state index is 11.6. The SMILES string of the molecule is CCCCCCOc1cc(CC(=O)C(=O)OC)ccc1OC. The van der Waals surface area contributed by atoms with Gasteiger partial charge in [-0.1, -0.05) is 32.3 Å². The van der Waals surface area contributed by atoms with Crippen LogP contribution >= 0.6 is 0 Å². The van der Waals surface area contributed by atoms with Crippen LogP contribution in [0.4, 0.5) is 0 Å². The van der Waals surface area contributed by atoms with Crippen LogP contribution in [0.2, 0.25) is 0 Å². The molecule has 122 valence electrons. The molecule has 0 heterocycles. The summed E-state index contributed by atoms with van der Waals surface area (Å²) in [5.41, 5.74) is 0.694. The molecule has 0 N–H and O–H groups in total. The van der Waals surface area contributed by atoms with Crippen LogP contribution in [0.3, 0.4) is 0 Å². The summed E-state index contributed by atoms with van der Waals surface area (Å²) in [6.07, 6.45) is 4.45. The van der Waals surface area contributed by atoms with Crippen LogP contribution in [0.1, 0.15) is 38.2 Å². The van der Waals surface area contributed by atoms with Gasteiger partial charge in [-0.25, -0.2) is 4.79 Å². The van der Waals surface area contributed by atoms with Crippen LogP contribution in [0.25, 0.3) is 0 Å². The Hall–Kier alpha value is -2.04. The van der Waals surface area contributed by atoms with Crippen molar-refractivity contribution in [2.24, 2.45) is 0 Å². The number of ketones is 1. The second-order valence-corrected chi connectivity index (χ2v) is 4.99. The van der Waals surface area contributed by atoms with Gasteiger partial charge in [0.2, 0.25) is 5.78 Å². The van der Waals surface area contributed by atoms with E-state index in [4.69, 9.17) is 9.47 Å². The minimum Gasteiger partial charge on any atom is -0.493 e. The van der Waals surface area contributed by atoms with Crippen LogP contribution in [0.15, 0.2) is 18.2 Å². The van der Waals surface area contributed by atoms with E-state index in [0.29, 0.717) is 23.7 Å². The van der Waals surface area contributed by atoms with Gasteiger partial charge < -0.3 is 14.2 Å². The van der Waals surface area contributed by atoms with Gasteiger partial charge in [0, 0.05) is 6.42 Å². The summed E-state index contributed by atoms with van der Waals surface area (Å²) in [7, 11) is 2.76. The minimum atomic E-state index is -0.835. The third-order valence-electron chi connectivity index (χ3n) is 3.26. The van der Waals surface area contributed by atoms with Crippen LogP contribution in [-0.4, -0.2) is 32.6 Å². The molecule has 0 amide bonds. The highest BCUT2D eigenvalue weighted by Crippen LogP contribution is 2.28. The molecule has 0 saturated heterocycles. The fraction of sp³-hybridized carbons (Fsp3) is 0.529. The molecule has 1 aromatic carbocycles. The summed E-state index contributed by atoms with van der Waals surface area (Å²) in [6, 6.07) is 5.21. The molecular weight excluding hydrogens is 284 g/mol. The number of Topliss-reactive ketones (excluding diaryl/α,β-unsaturated/α-hetero) is 1. The van der Waals surface area contributed by atoms with Crippen molar-refractivity contribution >= 4 is 11.8 Å². The van der Waals surface area contributed by atoms with E-state index in [2.05, 4.69) is 11.7 Å². The first-order chi connectivity index (χ1) is 10.6. The highest BCUT2D eigenvalue weighted by Gasteiger charge is 2.16. The highest BCUT2D eigenvalue weighted by atomic mass is 16.5. The van der Waals surface area contributed by atoms with E-state index < -0.39 is 11.8 Å². The molecule has 0 atom stereocenters. The second-order valence-electron chi connectivity index (χ2n) is 4.99. The van der Waals surface area contributed by atoms with E-state index >= 15 is 0 Å². The molecule has 0 aliphatic rings. The summed E-state index contributed by atoms with van der Waals surface area (Å²) in [6.45, 7) is 2.76. The van der Waals surface area contributed by atoms with Crippen molar-refractivity contribution in [2.45, 2.75) is 39.0 Å². The molecule has 0 spiro atoms. The number of ether oxygens (including phenoxy) is 3. The number of methoxy groups -OCH3 is 2. The lowest BCUT2D eigenvalue weighted by molar-refractivity contribution is -0.151. The lowest BCUT2D eigenvalue weighted by Crippen LogP contribution is -2.17. The first-order valence-electron chi connectivity index (χ1n) is 7.53. The van der Waals surface area contributed by atoms with Crippen molar-refractivity contribution in [2.75, 3.05) is 20.8 Å². The number of rotatable bonds is 10. The van der Waals surface area contributed by atoms with Crippen LogP contribution < -0.4 is 9.47 Å². The molecule has 0 saturated carbocycles. The molecule has 0 bridgehead atoms. The zero-order valence-corrected chi connectivity index (χ0v) is 13.5. The van der Waals surface area contributed by atoms with Crippen molar-refractivity contribution in [1.29, 1.82) is 0 Å². The zero-order valence-electron chi connectivity index (χ0n) is 13.5. The molecule has 1 rings (SSSR count). The smallest absolute Gasteiger partial charge is 0.374 e. The monoisotopic (exact) mass is 308 g/mol. The Morgan fingerprint density at radius 3 is 2.45 bits per heavy atom. The van der Waals surface area contributed by atoms with E-state index in [1.54, 1.807) is 25.3 Å². The first-order valence-corrected chi connectivity index (χ1v) is 7.53. The maximum Gasteiger partial charge on any atom is 0.374 e. The molecule has 0 aliphatic carbocycles. The third kappa shape index (κ3) is 5.76. The Kier molecular flexibility index (Phi) is 8.04. The standard InChI is InChI=1S/C17H24O5/c1-4-5-6-7-10-22-16-12-13(8-9-15(16)20-2)11-14(18)17(19)21-3/h8-9,12H,4-7,10-11H2,1-3H3. The van der Waals surface area contributed by atoms with Gasteiger partial charge in [-0.2, -0.15) is 0 Å². The number of esters is 1. The van der Waals surface area contributed by atoms with E-state index in [0.717, 1.165) is 12.8 Å². The summed E-state index contributed by atoms with van der Waals surface area (Å²) < 4.78 is 15.4. The van der Waals surface area contributed by atoms with Gasteiger partial charge in [-0.05, 0) is 24.1 Å². The average Bonchev–Trinajstić information content (AvgIpc) is 2.54. The number of benzene rings is 1. The van der Waals surface area contributed by atoms with Crippen molar-refractivity contribution < 1.29 is 23.8 Å². The normalized spacial score (nSPS) is 10.1. The number of hydrogen-bond donors (Lipinski definition) is 0. The molecule has 0 radical (unpaired) electrons. The molecule has 0 aliphatic heterocycles. The number of unbranched alkanes of at least 4 members (excludes halogenated alkanes) is 3. The first kappa shape index (κ1) is 18.0. The van der Waals surface area contributed by atoms with Gasteiger partial charge >= 0.3 is 5.97 Å². The summed E-state index contributed by atoms with van der Waals surface area (Å²) in [4.78, 5) is 22.8. The van der Waals surface area contributed by atoms with E-state index in [1.807, 2.05) is 0 Å². The molecule has 22 heavy (non-hydrogen) atoms. The fourth-order valence-corrected chi connectivity index (χ4v) is 2.03. The second kappa shape index (κ2) is 9.82. The number of carbonyl (C=O) groups excluding carboxylic acids is 2. The van der Waals surface area contributed by atoms with E-state index in [9.17, 15) is 9.59 Å². The van der Waals surface area contributed by atoms with Crippen LogP contribution in [0.5, 0.6) is 11.5 Å². The third-order valence-corrected chi connectivity index (χ3v) is 3.26. The fourth-order valence-electron chi connectivity index (χ4n) is 2.03. The molecule has 0 unspecified atom stereocenters. The Morgan fingerprint density at radius 2 is 1.82 bits per heavy atom. The van der Waals surface area contributed by atoms with Crippen molar-refractivity contribution in [1.82, 2.24) is 0 Å². The lowest BCUT2D eigenvalue weighted by atomic mass is 10.1. The Bertz CT molecular complexity index is 496. The Balaban J connectivity index is 2.67. The van der Waals surface area contributed by atoms with Gasteiger partial charge in [0.25, 0.3) is 0 Å². The molecule has 0 aromatic heterocycles. The molecule has 1 aromatic rings. The van der Waals surface area contributed by atoms with Crippen molar-refractivity contribution in [3.63, 3.8) is 0 Å². The van der Waals surface area contributed by atoms with Crippen molar-refractivity contribution in [3.8, 4) is 11.5 Å². The van der Waals surface area contributed by atoms with E-state index in [-0.39, 0.29) is 6.42 Å². The topological polar surface area (TPSA) is 61.8 Å². The molecule has 0 fully saturated rings. The van der Waals surface area contributed by atoms with Gasteiger partial charge in [0.15, 0.2) is 11.5 Å². The van der Waals surface area contributed by atoms with Gasteiger partial charge in [-0.15, -0.1) is 0 Å². The summed E-state index contributed by atoms with van der Waals surface area (Å²) in [5.74, 6) is -0.210. The number of carbonyl (C=O) groups is 2. The zero-order chi connectivity index (χ0) is 16.4. The van der Waals surface area contributed by atoms with Gasteiger partial charge in [0.1, 0.15) is 0 Å². The predicted octanol–water partition coefficient (Wildman–Crippen LogP) is 2.94. The Labute approximate surface area is 131 Å². The predicted molar refractivity (Wildman–Crippen MR) is 83.4 cm³/mol. The van der Waals surface area contributed by atoms with Crippen LogP contribution in [0, 0.1) is 0 Å². The van der Waals surface area contributed by atoms with Gasteiger partial charge in [-0.3, -0.25) is 4.79 Å². The average molecular weight is 308 g/mol. The molecular formula is C17H24O5. The van der Waals surface area contributed by atoms with Crippen LogP contribution in [-0.2, 0) is 20.7 Å². The number of hydrogen-bond acceptors (Lipinski definition) is 5. The summed E-state index contributed by atoms with van der Waals surface area (Å²) >= 11 is 0. The minimum absolute atomic E-state index is 0.0110. The Morgan fingerprint density at radius 1 is 1.05 bits per heavy atom. The highest BCUT2D eigenvalue weighted by molar-refractivity contribution is 6.34. The summed E-state index contributed by atoms with van der Waals surface area (Å²) in [5, 5.41) is 0. The largest absolute Gasteiger partial charge is 0.493 e. The molecule has 5 nitrogen and oxygen atoms in total. The maximum atomic E-state index is 11.6. The lowest BCUT2D eigenvalue weighted by Gasteiger charge is -2.12.